The lowest BCUT2D eigenvalue weighted by Gasteiger charge is -2.07. The number of ether oxygens (including phenoxy) is 1. The molecule has 0 heterocycles. The monoisotopic (exact) mass is 201 g/mol. The highest BCUT2D eigenvalue weighted by Crippen LogP contribution is 2.32. The van der Waals surface area contributed by atoms with E-state index in [1.54, 1.807) is 0 Å². The first-order valence-electron chi connectivity index (χ1n) is 3.43. The summed E-state index contributed by atoms with van der Waals surface area (Å²) in [5, 5.41) is 8.68. The van der Waals surface area contributed by atoms with Crippen LogP contribution in [0.3, 0.4) is 0 Å². The van der Waals surface area contributed by atoms with Crippen molar-refractivity contribution in [1.29, 1.82) is 0 Å². The number of hydrogen-bond donors (Lipinski definition) is 2. The molecule has 0 saturated heterocycles. The first-order valence-corrected chi connectivity index (χ1v) is 3.81. The molecule has 0 unspecified atom stereocenters. The summed E-state index contributed by atoms with van der Waals surface area (Å²) in [6.07, 6.45) is 0. The van der Waals surface area contributed by atoms with Crippen LogP contribution in [0.25, 0.3) is 0 Å². The van der Waals surface area contributed by atoms with E-state index in [1.165, 1.54) is 19.2 Å². The number of methoxy groups -OCH3 is 1. The number of carboxylic acids is 1. The van der Waals surface area contributed by atoms with Gasteiger partial charge in [0.2, 0.25) is 0 Å². The highest BCUT2D eigenvalue weighted by molar-refractivity contribution is 6.36. The molecule has 1 rings (SSSR count). The number of nitrogen functional groups attached to an aromatic ring is 1. The van der Waals surface area contributed by atoms with Crippen molar-refractivity contribution in [3.05, 3.63) is 22.7 Å². The summed E-state index contributed by atoms with van der Waals surface area (Å²) >= 11 is 5.69. The lowest BCUT2D eigenvalue weighted by molar-refractivity contribution is 0.0697. The summed E-state index contributed by atoms with van der Waals surface area (Å²) in [6, 6.07) is 2.81. The van der Waals surface area contributed by atoms with Gasteiger partial charge in [-0.2, -0.15) is 0 Å². The van der Waals surface area contributed by atoms with Crippen molar-refractivity contribution in [3.63, 3.8) is 0 Å². The molecule has 0 saturated carbocycles. The van der Waals surface area contributed by atoms with E-state index in [1.807, 2.05) is 0 Å². The molecule has 0 aliphatic rings. The second-order valence-corrected chi connectivity index (χ2v) is 2.73. The number of aromatic carboxylic acids is 1. The molecule has 0 spiro atoms. The van der Waals surface area contributed by atoms with Crippen molar-refractivity contribution in [3.8, 4) is 5.75 Å². The summed E-state index contributed by atoms with van der Waals surface area (Å²) in [7, 11) is 1.43. The normalized spacial score (nSPS) is 9.69. The maximum absolute atomic E-state index is 10.6. The van der Waals surface area contributed by atoms with Gasteiger partial charge in [-0.05, 0) is 12.1 Å². The number of hydrogen-bond acceptors (Lipinski definition) is 3. The fraction of sp³-hybridized carbons (Fsp3) is 0.125. The van der Waals surface area contributed by atoms with Crippen LogP contribution in [-0.2, 0) is 0 Å². The number of benzene rings is 1. The summed E-state index contributed by atoms with van der Waals surface area (Å²) in [6.45, 7) is 0. The fourth-order valence-corrected chi connectivity index (χ4v) is 1.16. The van der Waals surface area contributed by atoms with E-state index in [-0.39, 0.29) is 16.3 Å². The average Bonchev–Trinajstić information content (AvgIpc) is 2.09. The van der Waals surface area contributed by atoms with Gasteiger partial charge in [0.15, 0.2) is 0 Å². The van der Waals surface area contributed by atoms with Crippen molar-refractivity contribution >= 4 is 23.3 Å². The summed E-state index contributed by atoms with van der Waals surface area (Å²) in [5.41, 5.74) is 5.63. The smallest absolute Gasteiger partial charge is 0.337 e. The Morgan fingerprint density at radius 3 is 2.69 bits per heavy atom. The van der Waals surface area contributed by atoms with Crippen LogP contribution in [0.5, 0.6) is 5.75 Å². The molecule has 3 N–H and O–H groups in total. The van der Waals surface area contributed by atoms with E-state index in [0.717, 1.165) is 0 Å². The van der Waals surface area contributed by atoms with Crippen LogP contribution in [0.15, 0.2) is 12.1 Å². The Morgan fingerprint density at radius 1 is 1.62 bits per heavy atom. The fourth-order valence-electron chi connectivity index (χ4n) is 0.918. The maximum atomic E-state index is 10.6. The van der Waals surface area contributed by atoms with Gasteiger partial charge in [-0.1, -0.05) is 11.6 Å². The molecule has 0 aliphatic carbocycles. The maximum Gasteiger partial charge on any atom is 0.337 e. The summed E-state index contributed by atoms with van der Waals surface area (Å²) in [5.74, 6) is -0.741. The molecule has 1 aromatic rings. The molecule has 0 amide bonds. The van der Waals surface area contributed by atoms with Crippen molar-refractivity contribution in [2.24, 2.45) is 0 Å². The topological polar surface area (TPSA) is 72.5 Å². The quantitative estimate of drug-likeness (QED) is 0.714. The third-order valence-electron chi connectivity index (χ3n) is 1.59. The molecule has 70 valence electrons. The van der Waals surface area contributed by atoms with Crippen molar-refractivity contribution < 1.29 is 14.6 Å². The van der Waals surface area contributed by atoms with Gasteiger partial charge in [-0.25, -0.2) is 4.79 Å². The van der Waals surface area contributed by atoms with Gasteiger partial charge in [0.05, 0.1) is 23.4 Å². The molecule has 1 aromatic carbocycles. The third kappa shape index (κ3) is 1.67. The van der Waals surface area contributed by atoms with Crippen LogP contribution >= 0.6 is 11.6 Å². The Hall–Kier alpha value is -1.42. The highest BCUT2D eigenvalue weighted by atomic mass is 35.5. The van der Waals surface area contributed by atoms with E-state index in [2.05, 4.69) is 0 Å². The minimum Gasteiger partial charge on any atom is -0.495 e. The minimum absolute atomic E-state index is 0.00634. The Morgan fingerprint density at radius 2 is 2.23 bits per heavy atom. The zero-order valence-electron chi connectivity index (χ0n) is 6.87. The Kier molecular flexibility index (Phi) is 2.63. The zero-order chi connectivity index (χ0) is 10.0. The van der Waals surface area contributed by atoms with Crippen molar-refractivity contribution in [2.45, 2.75) is 0 Å². The molecule has 0 atom stereocenters. The molecule has 0 bridgehead atoms. The van der Waals surface area contributed by atoms with Gasteiger partial charge in [-0.15, -0.1) is 0 Å². The van der Waals surface area contributed by atoms with Crippen LogP contribution in [0.2, 0.25) is 5.02 Å². The van der Waals surface area contributed by atoms with Crippen LogP contribution in [0.4, 0.5) is 5.69 Å². The van der Waals surface area contributed by atoms with Crippen LogP contribution in [0.1, 0.15) is 10.4 Å². The number of carbonyl (C=O) groups is 1. The first-order chi connectivity index (χ1) is 6.07. The molecule has 4 nitrogen and oxygen atoms in total. The predicted molar refractivity (Wildman–Crippen MR) is 49.4 cm³/mol. The Bertz CT molecular complexity index is 351. The van der Waals surface area contributed by atoms with Crippen LogP contribution in [-0.4, -0.2) is 18.2 Å². The average molecular weight is 202 g/mol. The van der Waals surface area contributed by atoms with E-state index in [4.69, 9.17) is 27.2 Å². The van der Waals surface area contributed by atoms with E-state index < -0.39 is 5.97 Å². The molecule has 0 aromatic heterocycles. The van der Waals surface area contributed by atoms with Gasteiger partial charge < -0.3 is 15.6 Å². The van der Waals surface area contributed by atoms with Gasteiger partial charge >= 0.3 is 5.97 Å². The summed E-state index contributed by atoms with van der Waals surface area (Å²) in [4.78, 5) is 10.6. The molecule has 0 aliphatic heterocycles. The number of carboxylic acid groups (broad SMARTS) is 1. The number of rotatable bonds is 2. The molecule has 0 radical (unpaired) electrons. The predicted octanol–water partition coefficient (Wildman–Crippen LogP) is 1.63. The third-order valence-corrected chi connectivity index (χ3v) is 2.00. The van der Waals surface area contributed by atoms with Gasteiger partial charge in [0, 0.05) is 0 Å². The summed E-state index contributed by atoms with van der Waals surface area (Å²) < 4.78 is 4.86. The molecule has 13 heavy (non-hydrogen) atoms. The largest absolute Gasteiger partial charge is 0.495 e. The zero-order valence-corrected chi connectivity index (χ0v) is 7.63. The van der Waals surface area contributed by atoms with Gasteiger partial charge in [0.25, 0.3) is 0 Å². The van der Waals surface area contributed by atoms with Crippen molar-refractivity contribution in [1.82, 2.24) is 0 Å². The number of nitrogens with two attached hydrogens (primary N) is 1. The minimum atomic E-state index is -1.11. The van der Waals surface area contributed by atoms with E-state index in [9.17, 15) is 4.79 Å². The lowest BCUT2D eigenvalue weighted by Crippen LogP contribution is -2.01. The molecule has 0 fully saturated rings. The highest BCUT2D eigenvalue weighted by Gasteiger charge is 2.13. The standard InChI is InChI=1S/C8H8ClNO3/c1-13-5-3-2-4(8(11)12)6(9)7(5)10/h2-3H,10H2,1H3,(H,11,12). The van der Waals surface area contributed by atoms with E-state index >= 15 is 0 Å². The van der Waals surface area contributed by atoms with Gasteiger partial charge in [0.1, 0.15) is 5.75 Å². The second-order valence-electron chi connectivity index (χ2n) is 2.35. The van der Waals surface area contributed by atoms with Crippen molar-refractivity contribution in [2.75, 3.05) is 12.8 Å². The number of anilines is 1. The number of halogens is 1. The molecular weight excluding hydrogens is 194 g/mol. The van der Waals surface area contributed by atoms with E-state index in [0.29, 0.717) is 5.75 Å². The SMILES string of the molecule is COc1ccc(C(=O)O)c(Cl)c1N. The first kappa shape index (κ1) is 9.67. The van der Waals surface area contributed by atoms with Gasteiger partial charge in [-0.3, -0.25) is 0 Å². The Labute approximate surface area is 79.9 Å². The Balaban J connectivity index is 3.31. The van der Waals surface area contributed by atoms with Crippen LogP contribution in [0, 0.1) is 0 Å². The molecule has 5 heteroatoms. The van der Waals surface area contributed by atoms with Crippen LogP contribution < -0.4 is 10.5 Å². The molecular formula is C8H8ClNO3. The second kappa shape index (κ2) is 3.53. The lowest BCUT2D eigenvalue weighted by atomic mass is 10.2.